The van der Waals surface area contributed by atoms with E-state index in [-0.39, 0.29) is 0 Å². The second-order valence-electron chi connectivity index (χ2n) is 26.0. The van der Waals surface area contributed by atoms with Crippen molar-refractivity contribution in [2.24, 2.45) is 0 Å². The average molecular weight is 1280 g/mol. The van der Waals surface area contributed by atoms with Gasteiger partial charge in [0.2, 0.25) is 0 Å². The number of fused-ring (bicyclic) bond motifs is 13. The topological polar surface area (TPSA) is 45.5 Å². The highest BCUT2D eigenvalue weighted by Crippen LogP contribution is 2.56. The zero-order valence-corrected chi connectivity index (χ0v) is 55.1. The molecule has 0 bridgehead atoms. The quantitative estimate of drug-likeness (QED) is 0.137. The Bertz CT molecular complexity index is 6630. The highest BCUT2D eigenvalue weighted by molar-refractivity contribution is 7.21. The van der Waals surface area contributed by atoms with E-state index in [0.717, 1.165) is 198 Å². The molecule has 0 fully saturated rings. The van der Waals surface area contributed by atoms with Crippen molar-refractivity contribution in [3.63, 3.8) is 0 Å². The molecule has 464 valence electrons. The van der Waals surface area contributed by atoms with Gasteiger partial charge in [-0.2, -0.15) is 0 Å². The Balaban J connectivity index is 1.10. The van der Waals surface area contributed by atoms with Gasteiger partial charge in [-0.15, -0.1) is 11.3 Å². The van der Waals surface area contributed by atoms with Gasteiger partial charge in [0.25, 0.3) is 0 Å². The van der Waals surface area contributed by atoms with Crippen LogP contribution >= 0.6 is 11.3 Å². The largest absolute Gasteiger partial charge is 0.308 e. The van der Waals surface area contributed by atoms with Crippen LogP contribution in [0.5, 0.6) is 0 Å². The van der Waals surface area contributed by atoms with E-state index in [1.165, 1.54) is 0 Å². The fraction of sp³-hybridized carbons (Fsp3) is 0.0217. The number of thiazole rings is 1. The van der Waals surface area contributed by atoms with Crippen LogP contribution in [-0.2, 0) is 0 Å². The van der Waals surface area contributed by atoms with Crippen LogP contribution in [0, 0.1) is 13.8 Å². The van der Waals surface area contributed by atoms with E-state index >= 15 is 0 Å². The van der Waals surface area contributed by atoms with E-state index in [1.54, 1.807) is 11.3 Å². The van der Waals surface area contributed by atoms with Crippen LogP contribution in [0.25, 0.3) is 186 Å². The molecule has 0 spiro atoms. The molecule has 0 unspecified atom stereocenters. The van der Waals surface area contributed by atoms with E-state index in [4.69, 9.17) is 9.97 Å². The van der Waals surface area contributed by atoms with Gasteiger partial charge in [-0.05, 0) is 149 Å². The Morgan fingerprint density at radius 2 is 0.566 bits per heavy atom. The molecule has 0 N–H and O–H groups in total. The third-order valence-electron chi connectivity index (χ3n) is 20.4. The van der Waals surface area contributed by atoms with Gasteiger partial charge < -0.3 is 18.3 Å². The van der Waals surface area contributed by atoms with Crippen molar-refractivity contribution < 1.29 is 0 Å². The number of benzene rings is 14. The van der Waals surface area contributed by atoms with Gasteiger partial charge in [0.05, 0.1) is 82.7 Å². The number of aromatic nitrogens is 6. The van der Waals surface area contributed by atoms with E-state index < -0.39 is 0 Å². The molecule has 14 aromatic carbocycles. The number of para-hydroxylation sites is 5. The predicted molar refractivity (Wildman–Crippen MR) is 417 cm³/mol. The number of rotatable bonds is 10. The summed E-state index contributed by atoms with van der Waals surface area (Å²) in [5.74, 6) is 0. The normalized spacial score (nSPS) is 11.9. The Morgan fingerprint density at radius 1 is 0.242 bits per heavy atom. The Kier molecular flexibility index (Phi) is 12.9. The van der Waals surface area contributed by atoms with E-state index in [9.17, 15) is 0 Å². The molecule has 20 rings (SSSR count). The van der Waals surface area contributed by atoms with Crippen molar-refractivity contribution in [2.75, 3.05) is 0 Å². The molecule has 0 radical (unpaired) electrons. The smallest absolute Gasteiger partial charge is 0.128 e. The predicted octanol–water partition coefficient (Wildman–Crippen LogP) is 24.7. The summed E-state index contributed by atoms with van der Waals surface area (Å²) in [4.78, 5) is 11.6. The SMILES string of the molecule is Cc1ccc(-c2c(-n3c4ccccc4c4cc(-c5ccccc5)ccc43)c(-c3nc4ccccc4s3)c(-n3c4ccccc4c4cc(-c5ccccc5)ccc43)c(-n3c4ccccc4c4cc(-c5ccccc5)ccc43)c2-n2c3ccccc3c3cc(-c4ccccc4)ccc32)c(C)n1. The lowest BCUT2D eigenvalue weighted by atomic mass is 9.92. The summed E-state index contributed by atoms with van der Waals surface area (Å²) in [5, 5.41) is 10.0. The first kappa shape index (κ1) is 56.6. The fourth-order valence-electron chi connectivity index (χ4n) is 16.1. The lowest BCUT2D eigenvalue weighted by Gasteiger charge is -2.31. The Labute approximate surface area is 575 Å². The lowest BCUT2D eigenvalue weighted by Crippen LogP contribution is -2.16. The first-order valence-electron chi connectivity index (χ1n) is 33.9. The second kappa shape index (κ2) is 22.5. The zero-order valence-electron chi connectivity index (χ0n) is 54.3. The highest BCUT2D eigenvalue weighted by atomic mass is 32.1. The Morgan fingerprint density at radius 3 is 0.949 bits per heavy atom. The van der Waals surface area contributed by atoms with Gasteiger partial charge in [0, 0.05) is 65.6 Å². The second-order valence-corrected chi connectivity index (χ2v) is 27.0. The van der Waals surface area contributed by atoms with Gasteiger partial charge in [-0.1, -0.05) is 237 Å². The molecular formula is C92H60N6S. The van der Waals surface area contributed by atoms with Crippen molar-refractivity contribution in [3.8, 4) is 89.0 Å². The molecular weight excluding hydrogens is 1220 g/mol. The van der Waals surface area contributed by atoms with Gasteiger partial charge in [0.1, 0.15) is 5.01 Å². The molecule has 7 heteroatoms. The molecule has 99 heavy (non-hydrogen) atoms. The molecule has 0 amide bonds. The van der Waals surface area contributed by atoms with Crippen LogP contribution < -0.4 is 0 Å². The van der Waals surface area contributed by atoms with Crippen LogP contribution in [-0.4, -0.2) is 28.2 Å². The number of aryl methyl sites for hydroxylation is 2. The zero-order chi connectivity index (χ0) is 65.4. The summed E-state index contributed by atoms with van der Waals surface area (Å²) in [5.41, 5.74) is 27.5. The standard InChI is InChI=1S/C92H60N6S/c1-57-43-48-67(58(2)93-57)86-88(95-77-38-20-15-33-68(77)72-53-63(44-49-81(72)95)59-25-7-3-8-26-59)87(92-94-76-37-19-24-42-85(76)99-92)90(97-79-40-22-17-35-70(79)74-55-65(46-51-83(74)97)61-29-11-5-12-30-61)91(98-80-41-23-18-36-71(80)75-56-66(47-52-84(75)98)62-31-13-6-14-32-62)89(86)96-78-39-21-16-34-69(78)73-54-64(45-50-82(73)96)60-27-9-4-10-28-60/h3-56H,1-2H3. The summed E-state index contributed by atoms with van der Waals surface area (Å²) in [6.45, 7) is 4.32. The molecule has 0 aliphatic carbocycles. The minimum absolute atomic E-state index is 0.883. The van der Waals surface area contributed by atoms with Crippen LogP contribution in [0.1, 0.15) is 11.4 Å². The number of nitrogens with zero attached hydrogens (tertiary/aromatic N) is 6. The molecule has 0 aliphatic heterocycles. The van der Waals surface area contributed by atoms with Gasteiger partial charge >= 0.3 is 0 Å². The van der Waals surface area contributed by atoms with Crippen LogP contribution in [0.2, 0.25) is 0 Å². The third kappa shape index (κ3) is 8.81. The summed E-state index contributed by atoms with van der Waals surface area (Å²) in [6.07, 6.45) is 0. The maximum absolute atomic E-state index is 6.01. The van der Waals surface area contributed by atoms with Crippen LogP contribution in [0.4, 0.5) is 0 Å². The molecule has 20 aromatic rings. The molecule has 6 aromatic heterocycles. The van der Waals surface area contributed by atoms with Crippen molar-refractivity contribution in [1.82, 2.24) is 28.2 Å². The number of hydrogen-bond donors (Lipinski definition) is 0. The average Bonchev–Trinajstić information content (AvgIpc) is 1.59. The summed E-state index contributed by atoms with van der Waals surface area (Å²) in [7, 11) is 0. The monoisotopic (exact) mass is 1280 g/mol. The molecule has 0 atom stereocenters. The summed E-state index contributed by atoms with van der Waals surface area (Å²) >= 11 is 1.76. The van der Waals surface area contributed by atoms with Gasteiger partial charge in [0.15, 0.2) is 0 Å². The fourth-order valence-corrected chi connectivity index (χ4v) is 17.1. The van der Waals surface area contributed by atoms with Crippen LogP contribution in [0.3, 0.4) is 0 Å². The van der Waals surface area contributed by atoms with Crippen LogP contribution in [0.15, 0.2) is 328 Å². The molecule has 6 heterocycles. The number of pyridine rings is 1. The van der Waals surface area contributed by atoms with Crippen molar-refractivity contribution in [1.29, 1.82) is 0 Å². The maximum Gasteiger partial charge on any atom is 0.128 e. The first-order valence-corrected chi connectivity index (χ1v) is 34.7. The van der Waals surface area contributed by atoms with E-state index in [0.29, 0.717) is 0 Å². The minimum atomic E-state index is 0.883. The molecule has 0 aliphatic rings. The van der Waals surface area contributed by atoms with Crippen molar-refractivity contribution >= 4 is 109 Å². The van der Waals surface area contributed by atoms with E-state index in [1.807, 2.05) is 0 Å². The first-order chi connectivity index (χ1) is 49.0. The highest BCUT2D eigenvalue weighted by Gasteiger charge is 2.37. The van der Waals surface area contributed by atoms with Gasteiger partial charge in [-0.3, -0.25) is 4.98 Å². The third-order valence-corrected chi connectivity index (χ3v) is 21.5. The molecule has 0 saturated heterocycles. The number of hydrogen-bond acceptors (Lipinski definition) is 3. The van der Waals surface area contributed by atoms with Crippen molar-refractivity contribution in [3.05, 3.63) is 339 Å². The molecule has 6 nitrogen and oxygen atoms in total. The Hall–Kier alpha value is -12.7. The maximum atomic E-state index is 6.01. The minimum Gasteiger partial charge on any atom is -0.308 e. The summed E-state index contributed by atoms with van der Waals surface area (Å²) in [6, 6.07) is 121. The van der Waals surface area contributed by atoms with E-state index in [2.05, 4.69) is 360 Å². The lowest BCUT2D eigenvalue weighted by molar-refractivity contribution is 1.03. The molecule has 0 saturated carbocycles. The van der Waals surface area contributed by atoms with Crippen molar-refractivity contribution in [2.45, 2.75) is 13.8 Å². The summed E-state index contributed by atoms with van der Waals surface area (Å²) < 4.78 is 11.6. The van der Waals surface area contributed by atoms with Gasteiger partial charge in [-0.25, -0.2) is 4.98 Å².